The molecule has 2 fully saturated rings. The van der Waals surface area contributed by atoms with Crippen LogP contribution in [0, 0.1) is 12.8 Å². The maximum Gasteiger partial charge on any atom is 0.237 e. The summed E-state index contributed by atoms with van der Waals surface area (Å²) < 4.78 is 1.84. The van der Waals surface area contributed by atoms with Crippen molar-refractivity contribution >= 4 is 5.91 Å². The number of carbonyl (C=O) groups excluding carboxylic acids is 1. The van der Waals surface area contributed by atoms with Gasteiger partial charge in [-0.1, -0.05) is 12.8 Å². The molecule has 5 nitrogen and oxygen atoms in total. The maximum absolute atomic E-state index is 12.4. The first-order valence-electron chi connectivity index (χ1n) is 8.16. The lowest BCUT2D eigenvalue weighted by molar-refractivity contribution is -0.124. The molecule has 1 saturated heterocycles. The first-order chi connectivity index (χ1) is 10.1. The summed E-state index contributed by atoms with van der Waals surface area (Å²) in [6, 6.07) is 0.546. The van der Waals surface area contributed by atoms with Gasteiger partial charge in [-0.2, -0.15) is 5.10 Å². The molecule has 3 rings (SSSR count). The molecular weight excluding hydrogens is 264 g/mol. The highest BCUT2D eigenvalue weighted by atomic mass is 16.2. The van der Waals surface area contributed by atoms with Gasteiger partial charge in [0, 0.05) is 30.9 Å². The van der Waals surface area contributed by atoms with E-state index in [0.29, 0.717) is 12.6 Å². The van der Waals surface area contributed by atoms with Crippen molar-refractivity contribution in [2.24, 2.45) is 13.0 Å². The van der Waals surface area contributed by atoms with E-state index in [1.54, 1.807) is 0 Å². The van der Waals surface area contributed by atoms with E-state index in [4.69, 9.17) is 0 Å². The fourth-order valence-corrected chi connectivity index (χ4v) is 3.73. The summed E-state index contributed by atoms with van der Waals surface area (Å²) in [6.07, 6.45) is 9.23. The van der Waals surface area contributed by atoms with Crippen LogP contribution < -0.4 is 10.6 Å². The van der Waals surface area contributed by atoms with Crippen molar-refractivity contribution in [3.05, 3.63) is 17.5 Å². The van der Waals surface area contributed by atoms with Crippen LogP contribution in [-0.4, -0.2) is 27.8 Å². The minimum Gasteiger partial charge on any atom is -0.351 e. The van der Waals surface area contributed by atoms with E-state index in [1.807, 2.05) is 24.9 Å². The Kier molecular flexibility index (Phi) is 4.29. The van der Waals surface area contributed by atoms with E-state index in [-0.39, 0.29) is 11.9 Å². The van der Waals surface area contributed by atoms with Gasteiger partial charge < -0.3 is 10.6 Å². The quantitative estimate of drug-likeness (QED) is 0.890. The number of amides is 1. The molecule has 2 heterocycles. The van der Waals surface area contributed by atoms with Crippen molar-refractivity contribution in [1.29, 1.82) is 0 Å². The zero-order valence-electron chi connectivity index (χ0n) is 13.1. The number of carbonyl (C=O) groups is 1. The summed E-state index contributed by atoms with van der Waals surface area (Å²) in [6.45, 7) is 2.60. The van der Waals surface area contributed by atoms with Crippen LogP contribution in [0.4, 0.5) is 0 Å². The first kappa shape index (κ1) is 14.6. The second-order valence-electron chi connectivity index (χ2n) is 6.54. The molecule has 0 aromatic carbocycles. The van der Waals surface area contributed by atoms with Gasteiger partial charge in [0.2, 0.25) is 5.91 Å². The number of aryl methyl sites for hydroxylation is 1. The Morgan fingerprint density at radius 1 is 1.38 bits per heavy atom. The highest BCUT2D eigenvalue weighted by molar-refractivity contribution is 5.81. The predicted octanol–water partition coefficient (Wildman–Crippen LogP) is 1.66. The van der Waals surface area contributed by atoms with Crippen molar-refractivity contribution in [3.63, 3.8) is 0 Å². The van der Waals surface area contributed by atoms with Crippen LogP contribution in [0.5, 0.6) is 0 Å². The average Bonchev–Trinajstić information content (AvgIpc) is 2.84. The highest BCUT2D eigenvalue weighted by Gasteiger charge is 2.34. The van der Waals surface area contributed by atoms with Crippen LogP contribution >= 0.6 is 0 Å². The SMILES string of the molecule is Cc1c(CNC(=O)C2CCC3CCCCC3N2)cnn1C. The van der Waals surface area contributed by atoms with Crippen LogP contribution in [0.2, 0.25) is 0 Å². The molecule has 1 aliphatic carbocycles. The summed E-state index contributed by atoms with van der Waals surface area (Å²) >= 11 is 0. The number of aromatic nitrogens is 2. The highest BCUT2D eigenvalue weighted by Crippen LogP contribution is 2.32. The summed E-state index contributed by atoms with van der Waals surface area (Å²) in [5, 5.41) is 10.9. The normalized spacial score (nSPS) is 29.0. The summed E-state index contributed by atoms with van der Waals surface area (Å²) in [5.41, 5.74) is 2.21. The third kappa shape index (κ3) is 3.12. The predicted molar refractivity (Wildman–Crippen MR) is 81.7 cm³/mol. The van der Waals surface area contributed by atoms with E-state index < -0.39 is 0 Å². The van der Waals surface area contributed by atoms with E-state index >= 15 is 0 Å². The number of fused-ring (bicyclic) bond motifs is 1. The Morgan fingerprint density at radius 2 is 2.19 bits per heavy atom. The van der Waals surface area contributed by atoms with Crippen LogP contribution in [-0.2, 0) is 18.4 Å². The van der Waals surface area contributed by atoms with Gasteiger partial charge in [0.1, 0.15) is 0 Å². The lowest BCUT2D eigenvalue weighted by Gasteiger charge is -2.39. The molecule has 2 N–H and O–H groups in total. The number of piperidine rings is 1. The van der Waals surface area contributed by atoms with E-state index in [0.717, 1.165) is 23.6 Å². The lowest BCUT2D eigenvalue weighted by atomic mass is 9.77. The largest absolute Gasteiger partial charge is 0.351 e. The van der Waals surface area contributed by atoms with Gasteiger partial charge in [0.15, 0.2) is 0 Å². The fraction of sp³-hybridized carbons (Fsp3) is 0.750. The smallest absolute Gasteiger partial charge is 0.237 e. The molecule has 5 heteroatoms. The molecule has 0 radical (unpaired) electrons. The summed E-state index contributed by atoms with van der Waals surface area (Å²) in [5.74, 6) is 0.936. The van der Waals surface area contributed by atoms with Gasteiger partial charge >= 0.3 is 0 Å². The number of hydrogen-bond acceptors (Lipinski definition) is 3. The number of nitrogens with one attached hydrogen (secondary N) is 2. The minimum atomic E-state index is -0.0127. The molecule has 21 heavy (non-hydrogen) atoms. The number of hydrogen-bond donors (Lipinski definition) is 2. The van der Waals surface area contributed by atoms with Gasteiger partial charge in [-0.15, -0.1) is 0 Å². The standard InChI is InChI=1S/C16H26N4O/c1-11-13(10-18-20(11)2)9-17-16(21)15-8-7-12-5-3-4-6-14(12)19-15/h10,12,14-15,19H,3-9H2,1-2H3,(H,17,21). The summed E-state index contributed by atoms with van der Waals surface area (Å²) in [7, 11) is 1.92. The second kappa shape index (κ2) is 6.18. The van der Waals surface area contributed by atoms with E-state index in [2.05, 4.69) is 15.7 Å². The van der Waals surface area contributed by atoms with Crippen molar-refractivity contribution in [2.75, 3.05) is 0 Å². The molecule has 116 valence electrons. The van der Waals surface area contributed by atoms with E-state index in [1.165, 1.54) is 32.1 Å². The molecule has 1 aromatic rings. The molecule has 1 aliphatic heterocycles. The fourth-order valence-electron chi connectivity index (χ4n) is 3.73. The Hall–Kier alpha value is -1.36. The first-order valence-corrected chi connectivity index (χ1v) is 8.16. The average molecular weight is 290 g/mol. The molecule has 3 atom stereocenters. The van der Waals surface area contributed by atoms with Crippen molar-refractivity contribution in [3.8, 4) is 0 Å². The molecule has 2 aliphatic rings. The van der Waals surface area contributed by atoms with Crippen LogP contribution in [0.1, 0.15) is 49.8 Å². The van der Waals surface area contributed by atoms with Crippen LogP contribution in [0.15, 0.2) is 6.20 Å². The Balaban J connectivity index is 1.52. The molecule has 3 unspecified atom stereocenters. The summed E-state index contributed by atoms with van der Waals surface area (Å²) in [4.78, 5) is 12.4. The third-order valence-electron chi connectivity index (χ3n) is 5.26. The Labute approximate surface area is 126 Å². The van der Waals surface area contributed by atoms with E-state index in [9.17, 15) is 4.79 Å². The molecule has 1 aromatic heterocycles. The second-order valence-corrected chi connectivity index (χ2v) is 6.54. The zero-order chi connectivity index (χ0) is 14.8. The lowest BCUT2D eigenvalue weighted by Crippen LogP contribution is -2.54. The molecule has 0 spiro atoms. The van der Waals surface area contributed by atoms with Gasteiger partial charge in [0.25, 0.3) is 0 Å². The van der Waals surface area contributed by atoms with Gasteiger partial charge in [-0.3, -0.25) is 9.48 Å². The molecular formula is C16H26N4O. The van der Waals surface area contributed by atoms with Gasteiger partial charge in [-0.25, -0.2) is 0 Å². The zero-order valence-corrected chi connectivity index (χ0v) is 13.1. The molecule has 0 bridgehead atoms. The monoisotopic (exact) mass is 290 g/mol. The van der Waals surface area contributed by atoms with Gasteiger partial charge in [0.05, 0.1) is 12.2 Å². The molecule has 1 amide bonds. The van der Waals surface area contributed by atoms with Crippen molar-refractivity contribution < 1.29 is 4.79 Å². The number of nitrogens with zero attached hydrogens (tertiary/aromatic N) is 2. The van der Waals surface area contributed by atoms with Crippen LogP contribution in [0.3, 0.4) is 0 Å². The number of rotatable bonds is 3. The Bertz CT molecular complexity index is 510. The topological polar surface area (TPSA) is 59.0 Å². The Morgan fingerprint density at radius 3 is 2.95 bits per heavy atom. The van der Waals surface area contributed by atoms with Crippen molar-refractivity contribution in [1.82, 2.24) is 20.4 Å². The maximum atomic E-state index is 12.4. The van der Waals surface area contributed by atoms with Crippen molar-refractivity contribution in [2.45, 2.75) is 64.1 Å². The minimum absolute atomic E-state index is 0.0127. The third-order valence-corrected chi connectivity index (χ3v) is 5.26. The van der Waals surface area contributed by atoms with Crippen LogP contribution in [0.25, 0.3) is 0 Å². The van der Waals surface area contributed by atoms with Gasteiger partial charge in [-0.05, 0) is 38.5 Å². The molecule has 1 saturated carbocycles.